The Kier molecular flexibility index (Phi) is 9.59. The van der Waals surface area contributed by atoms with Gasteiger partial charge in [0.15, 0.2) is 5.82 Å². The zero-order chi connectivity index (χ0) is 27.2. The maximum atomic E-state index is 13.4. The van der Waals surface area contributed by atoms with E-state index in [0.717, 1.165) is 26.1 Å². The number of carboxylic acids is 1. The zero-order valence-corrected chi connectivity index (χ0v) is 24.8. The Hall–Kier alpha value is -2.72. The Bertz CT molecular complexity index is 1490. The third-order valence-corrected chi connectivity index (χ3v) is 7.84. The lowest BCUT2D eigenvalue weighted by atomic mass is 10.0. The van der Waals surface area contributed by atoms with Gasteiger partial charge in [0.05, 0.1) is 34.2 Å². The van der Waals surface area contributed by atoms with Crippen molar-refractivity contribution in [3.05, 3.63) is 103 Å². The third kappa shape index (κ3) is 7.02. The summed E-state index contributed by atoms with van der Waals surface area (Å²) in [7, 11) is 0. The number of carbonyl (C=O) groups is 2. The smallest absolute Gasteiger partial charge is 0.326 e. The highest BCUT2D eigenvalue weighted by Gasteiger charge is 2.27. The lowest BCUT2D eigenvalue weighted by molar-refractivity contribution is -0.139. The fraction of sp³-hybridized carbons (Fsp3) is 0.120. The Labute approximate surface area is 247 Å². The van der Waals surface area contributed by atoms with Crippen molar-refractivity contribution in [2.45, 2.75) is 18.9 Å². The van der Waals surface area contributed by atoms with E-state index in [1.807, 2.05) is 59.0 Å². The normalized spacial score (nSPS) is 12.5. The average molecular weight is 726 g/mol. The second-order valence-corrected chi connectivity index (χ2v) is 11.6. The van der Waals surface area contributed by atoms with Crippen LogP contribution in [0.3, 0.4) is 0 Å². The van der Waals surface area contributed by atoms with E-state index in [2.05, 4.69) is 30.0 Å². The Balaban J connectivity index is 1.68. The van der Waals surface area contributed by atoms with Crippen LogP contribution in [0.2, 0.25) is 0 Å². The number of rotatable bonds is 10. The lowest BCUT2D eigenvalue weighted by Gasteiger charge is -2.27. The molecule has 4 aromatic rings. The number of aromatic nitrogens is 2. The third-order valence-electron chi connectivity index (χ3n) is 5.45. The molecule has 0 saturated heterocycles. The number of nitrogens with zero attached hydrogens (tertiary/aromatic N) is 3. The van der Waals surface area contributed by atoms with Crippen molar-refractivity contribution in [1.29, 1.82) is 0 Å². The van der Waals surface area contributed by atoms with Crippen molar-refractivity contribution >= 4 is 84.9 Å². The van der Waals surface area contributed by atoms with Gasteiger partial charge in [0.2, 0.25) is 0 Å². The van der Waals surface area contributed by atoms with E-state index in [1.165, 1.54) is 12.1 Å². The number of hydrogen-bond acceptors (Lipinski definition) is 7. The predicted molar refractivity (Wildman–Crippen MR) is 156 cm³/mol. The van der Waals surface area contributed by atoms with Crippen LogP contribution in [0.4, 0.5) is 11.5 Å². The first kappa shape index (κ1) is 28.3. The van der Waals surface area contributed by atoms with E-state index in [-0.39, 0.29) is 23.5 Å². The molecule has 4 rings (SSSR count). The van der Waals surface area contributed by atoms with E-state index >= 15 is 0 Å². The van der Waals surface area contributed by atoms with Crippen LogP contribution in [-0.2, 0) is 28.9 Å². The van der Waals surface area contributed by atoms with Crippen LogP contribution in [-0.4, -0.2) is 40.5 Å². The molecule has 13 heteroatoms. The SMILES string of the molecule is O=C(NC(Cc1cccc(Br)c1)C(=O)O)c1ccc(I)cc1N(c1nsnc1Cc1ccccc1)S(=O)[O-]. The van der Waals surface area contributed by atoms with Gasteiger partial charge in [0.25, 0.3) is 5.91 Å². The van der Waals surface area contributed by atoms with Crippen LogP contribution in [0.25, 0.3) is 0 Å². The molecule has 196 valence electrons. The minimum Gasteiger partial charge on any atom is -0.755 e. The van der Waals surface area contributed by atoms with Crippen LogP contribution in [0, 0.1) is 3.57 Å². The number of halogens is 2. The van der Waals surface area contributed by atoms with Crippen LogP contribution < -0.4 is 9.62 Å². The van der Waals surface area contributed by atoms with Crippen molar-refractivity contribution in [2.24, 2.45) is 0 Å². The first-order valence-corrected chi connectivity index (χ1v) is 14.7. The van der Waals surface area contributed by atoms with Crippen LogP contribution >= 0.6 is 50.2 Å². The maximum absolute atomic E-state index is 13.4. The molecule has 0 aliphatic carbocycles. The number of benzene rings is 3. The van der Waals surface area contributed by atoms with Gasteiger partial charge in [-0.3, -0.25) is 13.3 Å². The van der Waals surface area contributed by atoms with Crippen molar-refractivity contribution in [1.82, 2.24) is 14.1 Å². The van der Waals surface area contributed by atoms with E-state index in [4.69, 9.17) is 0 Å². The van der Waals surface area contributed by atoms with Gasteiger partial charge in [-0.25, -0.2) is 4.79 Å². The number of aliphatic carboxylic acids is 1. The molecular weight excluding hydrogens is 707 g/mol. The molecule has 1 aromatic heterocycles. The van der Waals surface area contributed by atoms with E-state index in [0.29, 0.717) is 21.2 Å². The second-order valence-electron chi connectivity index (χ2n) is 8.07. The fourth-order valence-electron chi connectivity index (χ4n) is 3.72. The highest BCUT2D eigenvalue weighted by atomic mass is 127. The minimum atomic E-state index is -2.86. The summed E-state index contributed by atoms with van der Waals surface area (Å²) >= 11 is 3.37. The number of carbonyl (C=O) groups excluding carboxylic acids is 1. The number of carboxylic acid groups (broad SMARTS) is 1. The number of amides is 1. The summed E-state index contributed by atoms with van der Waals surface area (Å²) in [6.45, 7) is 0. The molecule has 2 N–H and O–H groups in total. The number of nitrogens with one attached hydrogen (secondary N) is 1. The molecular formula is C25H19BrIN4O5S2-. The van der Waals surface area contributed by atoms with Gasteiger partial charge in [-0.15, -0.1) is 0 Å². The van der Waals surface area contributed by atoms with Crippen LogP contribution in [0.5, 0.6) is 0 Å². The molecule has 0 aliphatic rings. The Morgan fingerprint density at radius 2 is 1.82 bits per heavy atom. The first-order valence-electron chi connectivity index (χ1n) is 11.1. The Morgan fingerprint density at radius 3 is 2.50 bits per heavy atom. The standard InChI is InChI=1S/C25H20BrIN4O5S2/c26-17-8-4-7-16(11-17)13-21(25(33)34)28-24(32)19-10-9-18(27)14-22(19)31(38(35)36)23-20(29-37-30-23)12-15-5-2-1-3-6-15/h1-11,14,21H,12-13H2,(H,28,32)(H,33,34)(H,35,36)/p-1. The molecule has 2 atom stereocenters. The molecule has 9 nitrogen and oxygen atoms in total. The van der Waals surface area contributed by atoms with Crippen molar-refractivity contribution in [3.63, 3.8) is 0 Å². The van der Waals surface area contributed by atoms with E-state index in [9.17, 15) is 23.5 Å². The number of anilines is 2. The molecule has 1 amide bonds. The summed E-state index contributed by atoms with van der Waals surface area (Å²) in [6.07, 6.45) is 0.369. The predicted octanol–water partition coefficient (Wildman–Crippen LogP) is 4.85. The molecule has 0 radical (unpaired) electrons. The first-order chi connectivity index (χ1) is 18.2. The average Bonchev–Trinajstić information content (AvgIpc) is 3.31. The summed E-state index contributed by atoms with van der Waals surface area (Å²) in [5, 5.41) is 12.3. The highest BCUT2D eigenvalue weighted by molar-refractivity contribution is 14.1. The molecule has 1 heterocycles. The summed E-state index contributed by atoms with van der Waals surface area (Å²) in [4.78, 5) is 25.4. The summed E-state index contributed by atoms with van der Waals surface area (Å²) in [6, 6.07) is 19.9. The largest absolute Gasteiger partial charge is 0.755 e. The highest BCUT2D eigenvalue weighted by Crippen LogP contribution is 2.33. The van der Waals surface area contributed by atoms with Gasteiger partial charge >= 0.3 is 5.97 Å². The molecule has 38 heavy (non-hydrogen) atoms. The topological polar surface area (TPSA) is 136 Å². The minimum absolute atomic E-state index is 0.0197. The molecule has 0 aliphatic heterocycles. The van der Waals surface area contributed by atoms with Crippen molar-refractivity contribution in [2.75, 3.05) is 4.31 Å². The van der Waals surface area contributed by atoms with E-state index < -0.39 is 29.2 Å². The monoisotopic (exact) mass is 725 g/mol. The lowest BCUT2D eigenvalue weighted by Crippen LogP contribution is -2.42. The van der Waals surface area contributed by atoms with Gasteiger partial charge in [-0.2, -0.15) is 8.75 Å². The Morgan fingerprint density at radius 1 is 1.08 bits per heavy atom. The van der Waals surface area contributed by atoms with Gasteiger partial charge in [0.1, 0.15) is 11.7 Å². The van der Waals surface area contributed by atoms with E-state index in [1.54, 1.807) is 24.3 Å². The molecule has 0 bridgehead atoms. The van der Waals surface area contributed by atoms with Crippen LogP contribution in [0.15, 0.2) is 77.3 Å². The molecule has 3 aromatic carbocycles. The summed E-state index contributed by atoms with van der Waals surface area (Å²) in [5.74, 6) is -1.88. The van der Waals surface area contributed by atoms with Gasteiger partial charge < -0.3 is 15.0 Å². The van der Waals surface area contributed by atoms with Gasteiger partial charge in [0, 0.05) is 20.9 Å². The molecule has 0 spiro atoms. The maximum Gasteiger partial charge on any atom is 0.326 e. The summed E-state index contributed by atoms with van der Waals surface area (Å²) < 4.78 is 35.9. The summed E-state index contributed by atoms with van der Waals surface area (Å²) in [5.41, 5.74) is 2.06. The molecule has 2 unspecified atom stereocenters. The van der Waals surface area contributed by atoms with Gasteiger partial charge in [-0.1, -0.05) is 58.4 Å². The fourth-order valence-corrected chi connectivity index (χ4v) is 5.84. The quantitative estimate of drug-likeness (QED) is 0.176. The second kappa shape index (κ2) is 12.9. The van der Waals surface area contributed by atoms with Gasteiger partial charge in [-0.05, 0) is 64.0 Å². The number of hydrogen-bond donors (Lipinski definition) is 2. The molecule has 0 saturated carbocycles. The van der Waals surface area contributed by atoms with Crippen LogP contribution in [0.1, 0.15) is 27.2 Å². The molecule has 0 fully saturated rings. The van der Waals surface area contributed by atoms with Crippen molar-refractivity contribution in [3.8, 4) is 0 Å². The van der Waals surface area contributed by atoms with Crippen molar-refractivity contribution < 1.29 is 23.5 Å². The zero-order valence-electron chi connectivity index (χ0n) is 19.4.